The number of nitrogens with one attached hydrogen (secondary N) is 1. The molecule has 0 aliphatic carbocycles. The monoisotopic (exact) mass is 280 g/mol. The van der Waals surface area contributed by atoms with Crippen molar-refractivity contribution in [3.8, 4) is 11.5 Å². The Morgan fingerprint density at radius 2 is 2.16 bits per heavy atom. The molecule has 0 aliphatic rings. The lowest BCUT2D eigenvalue weighted by Crippen LogP contribution is -2.11. The fourth-order valence-corrected chi connectivity index (χ4v) is 1.75. The van der Waals surface area contributed by atoms with Crippen LogP contribution in [-0.2, 0) is 6.54 Å². The topological polar surface area (TPSA) is 34.1 Å². The third-order valence-electron chi connectivity index (χ3n) is 2.48. The molecule has 0 unspecified atom stereocenters. The van der Waals surface area contributed by atoms with Crippen LogP contribution in [0.4, 0.5) is 4.39 Å². The van der Waals surface area contributed by atoms with Crippen molar-refractivity contribution in [3.05, 3.63) is 53.1 Å². The van der Waals surface area contributed by atoms with Crippen LogP contribution in [0.2, 0.25) is 5.02 Å². The first kappa shape index (κ1) is 13.8. The molecule has 3 nitrogen and oxygen atoms in total. The first-order valence-electron chi connectivity index (χ1n) is 5.96. The van der Waals surface area contributed by atoms with Crippen LogP contribution in [0, 0.1) is 5.82 Å². The number of ether oxygens (including phenoxy) is 1. The third-order valence-corrected chi connectivity index (χ3v) is 2.69. The van der Waals surface area contributed by atoms with Gasteiger partial charge in [0, 0.05) is 18.8 Å². The quantitative estimate of drug-likeness (QED) is 0.905. The largest absolute Gasteiger partial charge is 0.453 e. The summed E-state index contributed by atoms with van der Waals surface area (Å²) in [6.07, 6.45) is 2.97. The van der Waals surface area contributed by atoms with E-state index in [9.17, 15) is 4.39 Å². The molecule has 0 atom stereocenters. The van der Waals surface area contributed by atoms with Gasteiger partial charge in [0.05, 0.1) is 11.2 Å². The zero-order valence-electron chi connectivity index (χ0n) is 10.5. The SMILES string of the molecule is CCNCc1ccc(Oc2cncc(Cl)c2)c(F)c1. The highest BCUT2D eigenvalue weighted by atomic mass is 35.5. The van der Waals surface area contributed by atoms with Crippen LogP contribution in [0.25, 0.3) is 0 Å². The summed E-state index contributed by atoms with van der Waals surface area (Å²) >= 11 is 5.79. The summed E-state index contributed by atoms with van der Waals surface area (Å²) in [4.78, 5) is 3.88. The summed E-state index contributed by atoms with van der Waals surface area (Å²) in [6, 6.07) is 6.46. The van der Waals surface area contributed by atoms with Crippen LogP contribution in [0.5, 0.6) is 11.5 Å². The summed E-state index contributed by atoms with van der Waals surface area (Å²) in [5.41, 5.74) is 0.871. The highest BCUT2D eigenvalue weighted by Gasteiger charge is 2.06. The van der Waals surface area contributed by atoms with Gasteiger partial charge in [0.2, 0.25) is 0 Å². The fraction of sp³-hybridized carbons (Fsp3) is 0.214. The van der Waals surface area contributed by atoms with E-state index in [0.717, 1.165) is 12.1 Å². The lowest BCUT2D eigenvalue weighted by molar-refractivity contribution is 0.440. The molecule has 1 aromatic carbocycles. The van der Waals surface area contributed by atoms with Gasteiger partial charge in [-0.25, -0.2) is 4.39 Å². The molecule has 0 bridgehead atoms. The maximum atomic E-state index is 13.9. The fourth-order valence-electron chi connectivity index (χ4n) is 1.58. The number of pyridine rings is 1. The van der Waals surface area contributed by atoms with E-state index in [-0.39, 0.29) is 5.75 Å². The Morgan fingerprint density at radius 3 is 2.84 bits per heavy atom. The zero-order valence-corrected chi connectivity index (χ0v) is 11.2. The highest BCUT2D eigenvalue weighted by Crippen LogP contribution is 2.26. The van der Waals surface area contributed by atoms with E-state index in [0.29, 0.717) is 17.3 Å². The van der Waals surface area contributed by atoms with Crippen molar-refractivity contribution >= 4 is 11.6 Å². The lowest BCUT2D eigenvalue weighted by atomic mass is 10.2. The molecular formula is C14H14ClFN2O. The van der Waals surface area contributed by atoms with Crippen molar-refractivity contribution in [2.75, 3.05) is 6.54 Å². The third kappa shape index (κ3) is 3.91. The summed E-state index contributed by atoms with van der Waals surface area (Å²) in [7, 11) is 0. The number of aromatic nitrogens is 1. The maximum absolute atomic E-state index is 13.9. The van der Waals surface area contributed by atoms with Crippen LogP contribution in [0.3, 0.4) is 0 Å². The molecule has 0 aliphatic heterocycles. The normalized spacial score (nSPS) is 10.5. The summed E-state index contributed by atoms with van der Waals surface area (Å²) < 4.78 is 19.3. The number of nitrogens with zero attached hydrogens (tertiary/aromatic N) is 1. The first-order chi connectivity index (χ1) is 9.19. The Hall–Kier alpha value is -1.65. The number of rotatable bonds is 5. The molecule has 100 valence electrons. The Labute approximate surface area is 116 Å². The van der Waals surface area contributed by atoms with Crippen LogP contribution in [-0.4, -0.2) is 11.5 Å². The van der Waals surface area contributed by atoms with Gasteiger partial charge in [-0.15, -0.1) is 0 Å². The Bertz CT molecular complexity index is 563. The first-order valence-corrected chi connectivity index (χ1v) is 6.34. The second-order valence-electron chi connectivity index (χ2n) is 3.99. The van der Waals surface area contributed by atoms with Crippen LogP contribution >= 0.6 is 11.6 Å². The molecule has 2 rings (SSSR count). The average Bonchev–Trinajstić information content (AvgIpc) is 2.39. The van der Waals surface area contributed by atoms with E-state index >= 15 is 0 Å². The Balaban J connectivity index is 2.13. The number of halogens is 2. The minimum atomic E-state index is -0.407. The Morgan fingerprint density at radius 1 is 1.32 bits per heavy atom. The van der Waals surface area contributed by atoms with Gasteiger partial charge in [0.25, 0.3) is 0 Å². The molecule has 2 aromatic rings. The number of hydrogen-bond donors (Lipinski definition) is 1. The van der Waals surface area contributed by atoms with Gasteiger partial charge < -0.3 is 10.1 Å². The average molecular weight is 281 g/mol. The van der Waals surface area contributed by atoms with Gasteiger partial charge in [-0.05, 0) is 24.2 Å². The minimum absolute atomic E-state index is 0.157. The van der Waals surface area contributed by atoms with E-state index in [2.05, 4.69) is 10.3 Å². The lowest BCUT2D eigenvalue weighted by Gasteiger charge is -2.08. The summed E-state index contributed by atoms with van der Waals surface area (Å²) in [5, 5.41) is 3.58. The van der Waals surface area contributed by atoms with E-state index in [1.165, 1.54) is 18.5 Å². The molecule has 0 fully saturated rings. The molecule has 19 heavy (non-hydrogen) atoms. The molecule has 0 radical (unpaired) electrons. The van der Waals surface area contributed by atoms with Crippen molar-refractivity contribution in [2.45, 2.75) is 13.5 Å². The molecule has 1 aromatic heterocycles. The number of hydrogen-bond acceptors (Lipinski definition) is 3. The van der Waals surface area contributed by atoms with Crippen LogP contribution in [0.1, 0.15) is 12.5 Å². The van der Waals surface area contributed by atoms with Gasteiger partial charge in [-0.1, -0.05) is 24.6 Å². The predicted molar refractivity (Wildman–Crippen MR) is 73.1 cm³/mol. The summed E-state index contributed by atoms with van der Waals surface area (Å²) in [5.74, 6) is 0.158. The highest BCUT2D eigenvalue weighted by molar-refractivity contribution is 6.30. The Kier molecular flexibility index (Phi) is 4.71. The van der Waals surface area contributed by atoms with Crippen molar-refractivity contribution in [3.63, 3.8) is 0 Å². The van der Waals surface area contributed by atoms with Crippen molar-refractivity contribution in [1.82, 2.24) is 10.3 Å². The predicted octanol–water partition coefficient (Wildman–Crippen LogP) is 3.78. The molecule has 1 heterocycles. The molecule has 1 N–H and O–H groups in total. The van der Waals surface area contributed by atoms with Crippen molar-refractivity contribution < 1.29 is 9.13 Å². The standard InChI is InChI=1S/C14H14ClFN2O/c1-2-17-7-10-3-4-14(13(16)5-10)19-12-6-11(15)8-18-9-12/h3-6,8-9,17H,2,7H2,1H3. The van der Waals surface area contributed by atoms with Gasteiger partial charge >= 0.3 is 0 Å². The van der Waals surface area contributed by atoms with E-state index in [1.807, 2.05) is 13.0 Å². The summed E-state index contributed by atoms with van der Waals surface area (Å²) in [6.45, 7) is 3.47. The van der Waals surface area contributed by atoms with E-state index in [4.69, 9.17) is 16.3 Å². The zero-order chi connectivity index (χ0) is 13.7. The van der Waals surface area contributed by atoms with E-state index < -0.39 is 5.82 Å². The second-order valence-corrected chi connectivity index (χ2v) is 4.42. The smallest absolute Gasteiger partial charge is 0.166 e. The van der Waals surface area contributed by atoms with Crippen LogP contribution in [0.15, 0.2) is 36.7 Å². The van der Waals surface area contributed by atoms with E-state index in [1.54, 1.807) is 12.1 Å². The van der Waals surface area contributed by atoms with Gasteiger partial charge in [-0.3, -0.25) is 4.98 Å². The molecule has 5 heteroatoms. The molecular weight excluding hydrogens is 267 g/mol. The molecule has 0 amide bonds. The van der Waals surface area contributed by atoms with Crippen molar-refractivity contribution in [1.29, 1.82) is 0 Å². The molecule has 0 saturated carbocycles. The molecule has 0 saturated heterocycles. The minimum Gasteiger partial charge on any atom is -0.453 e. The van der Waals surface area contributed by atoms with Gasteiger partial charge in [0.15, 0.2) is 11.6 Å². The van der Waals surface area contributed by atoms with Gasteiger partial charge in [-0.2, -0.15) is 0 Å². The van der Waals surface area contributed by atoms with Gasteiger partial charge in [0.1, 0.15) is 5.75 Å². The van der Waals surface area contributed by atoms with Crippen LogP contribution < -0.4 is 10.1 Å². The molecule has 0 spiro atoms. The van der Waals surface area contributed by atoms with Crippen molar-refractivity contribution in [2.24, 2.45) is 0 Å². The maximum Gasteiger partial charge on any atom is 0.166 e. The number of benzene rings is 1. The second kappa shape index (κ2) is 6.50.